The van der Waals surface area contributed by atoms with Gasteiger partial charge in [-0.1, -0.05) is 23.7 Å². The van der Waals surface area contributed by atoms with Gasteiger partial charge in [-0.05, 0) is 30.8 Å². The van der Waals surface area contributed by atoms with Crippen LogP contribution in [0.25, 0.3) is 0 Å². The van der Waals surface area contributed by atoms with E-state index in [1.165, 1.54) is 24.3 Å². The van der Waals surface area contributed by atoms with Crippen LogP contribution in [0.4, 0.5) is 10.1 Å². The highest BCUT2D eigenvalue weighted by Crippen LogP contribution is 2.24. The molecule has 29 heavy (non-hydrogen) atoms. The molecule has 1 amide bonds. The topological polar surface area (TPSA) is 78.7 Å². The van der Waals surface area contributed by atoms with Crippen LogP contribution in [0.2, 0.25) is 5.02 Å². The fourth-order valence-corrected chi connectivity index (χ4v) is 3.62. The van der Waals surface area contributed by atoms with Crippen molar-refractivity contribution in [2.75, 3.05) is 39.8 Å². The molecular formula is C20H22ClFN4O3. The SMILES string of the molecule is CN1CCN([C@@H](CNC(=O)c2ccc([N+](=O)[O-])cc2Cl)c2ccc(F)cc2)CC1. The minimum atomic E-state index is -0.564. The van der Waals surface area contributed by atoms with Crippen molar-refractivity contribution in [2.24, 2.45) is 0 Å². The minimum Gasteiger partial charge on any atom is -0.350 e. The number of nitrogens with one attached hydrogen (secondary N) is 1. The van der Waals surface area contributed by atoms with Crippen LogP contribution >= 0.6 is 11.6 Å². The lowest BCUT2D eigenvalue weighted by molar-refractivity contribution is -0.384. The number of carbonyl (C=O) groups excluding carboxylic acids is 1. The van der Waals surface area contributed by atoms with Gasteiger partial charge in [0.1, 0.15) is 5.82 Å². The molecule has 0 aromatic heterocycles. The fourth-order valence-electron chi connectivity index (χ4n) is 3.36. The van der Waals surface area contributed by atoms with Crippen molar-refractivity contribution in [1.82, 2.24) is 15.1 Å². The van der Waals surface area contributed by atoms with Gasteiger partial charge in [-0.25, -0.2) is 4.39 Å². The number of piperazine rings is 1. The zero-order chi connectivity index (χ0) is 21.0. The summed E-state index contributed by atoms with van der Waals surface area (Å²) < 4.78 is 13.4. The van der Waals surface area contributed by atoms with Crippen LogP contribution in [0.1, 0.15) is 22.0 Å². The molecule has 154 valence electrons. The summed E-state index contributed by atoms with van der Waals surface area (Å²) in [5.41, 5.74) is 0.910. The van der Waals surface area contributed by atoms with Gasteiger partial charge in [0.15, 0.2) is 0 Å². The summed E-state index contributed by atoms with van der Waals surface area (Å²) in [6, 6.07) is 9.91. The smallest absolute Gasteiger partial charge is 0.270 e. The zero-order valence-electron chi connectivity index (χ0n) is 16.0. The summed E-state index contributed by atoms with van der Waals surface area (Å²) in [5.74, 6) is -0.723. The first kappa shape index (κ1) is 21.2. The van der Waals surface area contributed by atoms with Gasteiger partial charge >= 0.3 is 0 Å². The second-order valence-electron chi connectivity index (χ2n) is 7.04. The normalized spacial score (nSPS) is 16.4. The van der Waals surface area contributed by atoms with Gasteiger partial charge < -0.3 is 10.2 Å². The maximum absolute atomic E-state index is 13.4. The first-order valence-corrected chi connectivity index (χ1v) is 9.63. The van der Waals surface area contributed by atoms with Crippen molar-refractivity contribution in [2.45, 2.75) is 6.04 Å². The molecule has 1 atom stereocenters. The molecule has 1 fully saturated rings. The van der Waals surface area contributed by atoms with E-state index < -0.39 is 10.8 Å². The van der Waals surface area contributed by atoms with Crippen LogP contribution in [-0.4, -0.2) is 60.4 Å². The fraction of sp³-hybridized carbons (Fsp3) is 0.350. The molecule has 0 spiro atoms. The third-order valence-electron chi connectivity index (χ3n) is 5.10. The van der Waals surface area contributed by atoms with Gasteiger partial charge in [0.25, 0.3) is 11.6 Å². The van der Waals surface area contributed by atoms with Gasteiger partial charge in [-0.2, -0.15) is 0 Å². The Morgan fingerprint density at radius 3 is 2.45 bits per heavy atom. The monoisotopic (exact) mass is 420 g/mol. The van der Waals surface area contributed by atoms with E-state index in [-0.39, 0.29) is 28.1 Å². The predicted molar refractivity (Wildman–Crippen MR) is 109 cm³/mol. The van der Waals surface area contributed by atoms with Crippen molar-refractivity contribution in [3.05, 3.63) is 74.5 Å². The molecule has 9 heteroatoms. The number of hydrogen-bond acceptors (Lipinski definition) is 5. The molecule has 0 aliphatic carbocycles. The number of nitrogens with zero attached hydrogens (tertiary/aromatic N) is 3. The van der Waals surface area contributed by atoms with Gasteiger partial charge in [0.05, 0.1) is 21.6 Å². The highest BCUT2D eigenvalue weighted by molar-refractivity contribution is 6.34. The van der Waals surface area contributed by atoms with Crippen LogP contribution in [-0.2, 0) is 0 Å². The lowest BCUT2D eigenvalue weighted by Gasteiger charge is -2.38. The van der Waals surface area contributed by atoms with Gasteiger partial charge in [0.2, 0.25) is 0 Å². The van der Waals surface area contributed by atoms with E-state index in [4.69, 9.17) is 11.6 Å². The van der Waals surface area contributed by atoms with Crippen molar-refractivity contribution in [3.8, 4) is 0 Å². The van der Waals surface area contributed by atoms with Crippen LogP contribution < -0.4 is 5.32 Å². The largest absolute Gasteiger partial charge is 0.350 e. The Bertz CT molecular complexity index is 886. The first-order chi connectivity index (χ1) is 13.8. The van der Waals surface area contributed by atoms with E-state index in [9.17, 15) is 19.3 Å². The number of rotatable bonds is 6. The Morgan fingerprint density at radius 1 is 1.21 bits per heavy atom. The van der Waals surface area contributed by atoms with E-state index in [1.807, 2.05) is 0 Å². The Kier molecular flexibility index (Phi) is 6.79. The Labute approximate surface area is 173 Å². The molecule has 0 radical (unpaired) electrons. The Morgan fingerprint density at radius 2 is 1.86 bits per heavy atom. The molecule has 1 heterocycles. The summed E-state index contributed by atoms with van der Waals surface area (Å²) in [6.07, 6.45) is 0. The molecule has 2 aromatic carbocycles. The zero-order valence-corrected chi connectivity index (χ0v) is 16.7. The number of halogens is 2. The minimum absolute atomic E-state index is 0.0228. The number of non-ortho nitro benzene ring substituents is 1. The molecule has 0 unspecified atom stereocenters. The molecule has 1 aliphatic rings. The summed E-state index contributed by atoms with van der Waals surface area (Å²) in [7, 11) is 2.06. The van der Waals surface area contributed by atoms with Crippen LogP contribution in [0.3, 0.4) is 0 Å². The molecule has 2 aromatic rings. The summed E-state index contributed by atoms with van der Waals surface area (Å²) in [4.78, 5) is 27.4. The number of nitro groups is 1. The van der Waals surface area contributed by atoms with Crippen molar-refractivity contribution in [1.29, 1.82) is 0 Å². The lowest BCUT2D eigenvalue weighted by atomic mass is 10.0. The van der Waals surface area contributed by atoms with Gasteiger partial charge in [-0.3, -0.25) is 19.8 Å². The van der Waals surface area contributed by atoms with Crippen molar-refractivity contribution < 1.29 is 14.1 Å². The summed E-state index contributed by atoms with van der Waals surface area (Å²) >= 11 is 6.06. The molecule has 0 bridgehead atoms. The van der Waals surface area contributed by atoms with E-state index >= 15 is 0 Å². The Hall–Kier alpha value is -2.55. The molecule has 1 N–H and O–H groups in total. The average molecular weight is 421 g/mol. The number of nitro benzene ring substituents is 1. The van der Waals surface area contributed by atoms with Gasteiger partial charge in [0, 0.05) is 44.9 Å². The van der Waals surface area contributed by atoms with E-state index in [1.54, 1.807) is 12.1 Å². The highest BCUT2D eigenvalue weighted by Gasteiger charge is 2.25. The number of hydrogen-bond donors (Lipinski definition) is 1. The Balaban J connectivity index is 1.75. The molecular weight excluding hydrogens is 399 g/mol. The van der Waals surface area contributed by atoms with Gasteiger partial charge in [-0.15, -0.1) is 0 Å². The predicted octanol–water partition coefficient (Wildman–Crippen LogP) is 3.11. The number of carbonyl (C=O) groups is 1. The molecule has 3 rings (SSSR count). The van der Waals surface area contributed by atoms with Crippen LogP contribution in [0, 0.1) is 15.9 Å². The molecule has 7 nitrogen and oxygen atoms in total. The first-order valence-electron chi connectivity index (χ1n) is 9.25. The molecule has 1 aliphatic heterocycles. The van der Waals surface area contributed by atoms with Crippen molar-refractivity contribution in [3.63, 3.8) is 0 Å². The third-order valence-corrected chi connectivity index (χ3v) is 5.41. The molecule has 1 saturated heterocycles. The number of amides is 1. The second kappa shape index (κ2) is 9.30. The van der Waals surface area contributed by atoms with Crippen molar-refractivity contribution >= 4 is 23.2 Å². The van der Waals surface area contributed by atoms with Crippen LogP contribution in [0.5, 0.6) is 0 Å². The average Bonchev–Trinajstić information content (AvgIpc) is 2.70. The maximum atomic E-state index is 13.4. The van der Waals surface area contributed by atoms with E-state index in [0.717, 1.165) is 37.8 Å². The third kappa shape index (κ3) is 5.29. The van der Waals surface area contributed by atoms with E-state index in [0.29, 0.717) is 6.54 Å². The van der Waals surface area contributed by atoms with E-state index in [2.05, 4.69) is 22.2 Å². The lowest BCUT2D eigenvalue weighted by Crippen LogP contribution is -2.48. The maximum Gasteiger partial charge on any atom is 0.270 e. The second-order valence-corrected chi connectivity index (χ2v) is 7.45. The number of benzene rings is 2. The highest BCUT2D eigenvalue weighted by atomic mass is 35.5. The number of likely N-dealkylation sites (N-methyl/N-ethyl adjacent to an activating group) is 1. The summed E-state index contributed by atoms with van der Waals surface area (Å²) in [6.45, 7) is 3.76. The van der Waals surface area contributed by atoms with Crippen LogP contribution in [0.15, 0.2) is 42.5 Å². The summed E-state index contributed by atoms with van der Waals surface area (Å²) in [5, 5.41) is 13.7. The quantitative estimate of drug-likeness (QED) is 0.574. The molecule has 0 saturated carbocycles. The standard InChI is InChI=1S/C20H22ClFN4O3/c1-24-8-10-25(11-9-24)19(14-2-4-15(22)5-3-14)13-23-20(27)17-7-6-16(26(28)29)12-18(17)21/h2-7,12,19H,8-11,13H2,1H3,(H,23,27)/t19-/m0/s1.